The number of rotatable bonds is 1. The standard InChI is InChI=1S/C19H14Cl2F3N/c20-15-9-3-7-13(16(15)21)17-11-5-1-4-10(11)12-6-2-8-14(18(12)25-17)19(22,23)24/h1-4,6-11,17,25H,5H2. The Morgan fingerprint density at radius 2 is 1.72 bits per heavy atom. The Bertz CT molecular complexity index is 860. The molecule has 130 valence electrons. The van der Waals surface area contributed by atoms with Gasteiger partial charge < -0.3 is 5.32 Å². The molecule has 0 fully saturated rings. The van der Waals surface area contributed by atoms with Gasteiger partial charge in [-0.15, -0.1) is 0 Å². The Labute approximate surface area is 153 Å². The van der Waals surface area contributed by atoms with E-state index in [9.17, 15) is 13.2 Å². The maximum Gasteiger partial charge on any atom is 0.418 e. The summed E-state index contributed by atoms with van der Waals surface area (Å²) in [5, 5.41) is 3.92. The van der Waals surface area contributed by atoms with Crippen molar-refractivity contribution in [1.29, 1.82) is 0 Å². The molecular formula is C19H14Cl2F3N. The zero-order valence-electron chi connectivity index (χ0n) is 12.9. The summed E-state index contributed by atoms with van der Waals surface area (Å²) in [4.78, 5) is 0. The average Bonchev–Trinajstić information content (AvgIpc) is 3.05. The normalized spacial score (nSPS) is 24.6. The number of nitrogens with one attached hydrogen (secondary N) is 1. The average molecular weight is 384 g/mol. The summed E-state index contributed by atoms with van der Waals surface area (Å²) in [6.07, 6.45) is 0.380. The second kappa shape index (κ2) is 5.96. The fraction of sp³-hybridized carbons (Fsp3) is 0.263. The zero-order valence-corrected chi connectivity index (χ0v) is 14.5. The highest BCUT2D eigenvalue weighted by Gasteiger charge is 2.43. The fourth-order valence-corrected chi connectivity index (χ4v) is 4.35. The third kappa shape index (κ3) is 2.72. The van der Waals surface area contributed by atoms with Gasteiger partial charge in [0.05, 0.1) is 27.3 Å². The number of fused-ring (bicyclic) bond motifs is 3. The van der Waals surface area contributed by atoms with E-state index in [1.54, 1.807) is 18.2 Å². The minimum Gasteiger partial charge on any atom is -0.377 e. The van der Waals surface area contributed by atoms with Gasteiger partial charge in [-0.2, -0.15) is 13.2 Å². The van der Waals surface area contributed by atoms with Crippen LogP contribution in [0.5, 0.6) is 0 Å². The van der Waals surface area contributed by atoms with Gasteiger partial charge in [-0.1, -0.05) is 59.6 Å². The largest absolute Gasteiger partial charge is 0.418 e. The first-order valence-corrected chi connectivity index (χ1v) is 8.70. The Balaban J connectivity index is 1.88. The molecule has 1 aliphatic carbocycles. The molecule has 0 bridgehead atoms. The van der Waals surface area contributed by atoms with Crippen molar-refractivity contribution in [2.75, 3.05) is 5.32 Å². The molecule has 4 rings (SSSR count). The van der Waals surface area contributed by atoms with E-state index in [1.807, 2.05) is 18.2 Å². The summed E-state index contributed by atoms with van der Waals surface area (Å²) in [5.41, 5.74) is 0.911. The number of hydrogen-bond acceptors (Lipinski definition) is 1. The Morgan fingerprint density at radius 1 is 1.00 bits per heavy atom. The highest BCUT2D eigenvalue weighted by atomic mass is 35.5. The maximum absolute atomic E-state index is 13.5. The highest BCUT2D eigenvalue weighted by molar-refractivity contribution is 6.42. The van der Waals surface area contributed by atoms with Crippen LogP contribution in [0.4, 0.5) is 18.9 Å². The van der Waals surface area contributed by atoms with Crippen molar-refractivity contribution in [3.8, 4) is 0 Å². The van der Waals surface area contributed by atoms with Gasteiger partial charge in [0.15, 0.2) is 0 Å². The molecule has 6 heteroatoms. The van der Waals surface area contributed by atoms with Crippen LogP contribution in [0.3, 0.4) is 0 Å². The van der Waals surface area contributed by atoms with Crippen molar-refractivity contribution in [3.05, 3.63) is 75.3 Å². The van der Waals surface area contributed by atoms with E-state index in [0.717, 1.165) is 18.1 Å². The lowest BCUT2D eigenvalue weighted by Gasteiger charge is -2.39. The zero-order chi connectivity index (χ0) is 17.8. The summed E-state index contributed by atoms with van der Waals surface area (Å²) >= 11 is 12.5. The lowest BCUT2D eigenvalue weighted by atomic mass is 9.76. The van der Waals surface area contributed by atoms with E-state index in [1.165, 1.54) is 6.07 Å². The predicted molar refractivity (Wildman–Crippen MR) is 94.3 cm³/mol. The Kier molecular flexibility index (Phi) is 4.00. The first kappa shape index (κ1) is 16.8. The van der Waals surface area contributed by atoms with E-state index in [4.69, 9.17) is 23.2 Å². The van der Waals surface area contributed by atoms with Crippen LogP contribution in [-0.2, 0) is 6.18 Å². The SMILES string of the molecule is FC(F)(F)c1cccc2c1NC(c1cccc(Cl)c1Cl)C1CC=CC21. The highest BCUT2D eigenvalue weighted by Crippen LogP contribution is 2.53. The van der Waals surface area contributed by atoms with Crippen LogP contribution in [0.25, 0.3) is 0 Å². The number of benzene rings is 2. The molecule has 3 unspecified atom stereocenters. The van der Waals surface area contributed by atoms with Crippen LogP contribution in [0.15, 0.2) is 48.6 Å². The van der Waals surface area contributed by atoms with Gasteiger partial charge in [0, 0.05) is 5.92 Å². The van der Waals surface area contributed by atoms with Crippen LogP contribution < -0.4 is 5.32 Å². The molecule has 3 atom stereocenters. The number of hydrogen-bond donors (Lipinski definition) is 1. The Hall–Kier alpha value is -1.65. The summed E-state index contributed by atoms with van der Waals surface area (Å²) in [5.74, 6) is 0.0329. The molecule has 0 spiro atoms. The van der Waals surface area contributed by atoms with Crippen molar-refractivity contribution >= 4 is 28.9 Å². The van der Waals surface area contributed by atoms with Gasteiger partial charge in [-0.3, -0.25) is 0 Å². The molecule has 1 nitrogen and oxygen atoms in total. The number of halogens is 5. The van der Waals surface area contributed by atoms with Crippen molar-refractivity contribution in [2.45, 2.75) is 24.6 Å². The van der Waals surface area contributed by atoms with E-state index in [2.05, 4.69) is 5.32 Å². The van der Waals surface area contributed by atoms with Gasteiger partial charge in [0.25, 0.3) is 0 Å². The summed E-state index contributed by atoms with van der Waals surface area (Å²) in [7, 11) is 0. The molecule has 0 aromatic heterocycles. The minimum absolute atomic E-state index is 0.0707. The first-order chi connectivity index (χ1) is 11.9. The van der Waals surface area contributed by atoms with E-state index >= 15 is 0 Å². The van der Waals surface area contributed by atoms with Crippen molar-refractivity contribution in [1.82, 2.24) is 0 Å². The van der Waals surface area contributed by atoms with Crippen LogP contribution in [0.2, 0.25) is 10.0 Å². The van der Waals surface area contributed by atoms with Crippen molar-refractivity contribution in [2.24, 2.45) is 5.92 Å². The minimum atomic E-state index is -4.42. The molecule has 1 N–H and O–H groups in total. The molecule has 0 saturated heterocycles. The summed E-state index contributed by atoms with van der Waals surface area (Å²) in [6, 6.07) is 9.29. The molecule has 0 amide bonds. The van der Waals surface area contributed by atoms with Crippen molar-refractivity contribution < 1.29 is 13.2 Å². The monoisotopic (exact) mass is 383 g/mol. The number of para-hydroxylation sites is 1. The third-order valence-electron chi connectivity index (χ3n) is 5.02. The molecule has 1 heterocycles. The summed E-state index contributed by atoms with van der Waals surface area (Å²) in [6.45, 7) is 0. The van der Waals surface area contributed by atoms with E-state index in [-0.39, 0.29) is 23.6 Å². The maximum atomic E-state index is 13.5. The topological polar surface area (TPSA) is 12.0 Å². The lowest BCUT2D eigenvalue weighted by Crippen LogP contribution is -2.31. The third-order valence-corrected chi connectivity index (χ3v) is 5.85. The van der Waals surface area contributed by atoms with Gasteiger partial charge in [-0.25, -0.2) is 0 Å². The van der Waals surface area contributed by atoms with Gasteiger partial charge in [-0.05, 0) is 35.6 Å². The van der Waals surface area contributed by atoms with Gasteiger partial charge >= 0.3 is 6.18 Å². The summed E-state index contributed by atoms with van der Waals surface area (Å²) < 4.78 is 40.5. The van der Waals surface area contributed by atoms with Crippen LogP contribution in [-0.4, -0.2) is 0 Å². The first-order valence-electron chi connectivity index (χ1n) is 7.95. The lowest BCUT2D eigenvalue weighted by molar-refractivity contribution is -0.137. The fourth-order valence-electron chi connectivity index (χ4n) is 3.93. The molecular weight excluding hydrogens is 370 g/mol. The van der Waals surface area contributed by atoms with Gasteiger partial charge in [0.2, 0.25) is 0 Å². The molecule has 2 aliphatic rings. The molecule has 1 aliphatic heterocycles. The van der Waals surface area contributed by atoms with Crippen molar-refractivity contribution in [3.63, 3.8) is 0 Å². The van der Waals surface area contributed by atoms with Crippen LogP contribution >= 0.6 is 23.2 Å². The molecule has 0 radical (unpaired) electrons. The van der Waals surface area contributed by atoms with Gasteiger partial charge in [0.1, 0.15) is 0 Å². The number of anilines is 1. The van der Waals surface area contributed by atoms with E-state index in [0.29, 0.717) is 15.6 Å². The smallest absolute Gasteiger partial charge is 0.377 e. The number of allylic oxidation sites excluding steroid dienone is 2. The number of alkyl halides is 3. The Morgan fingerprint density at radius 3 is 2.48 bits per heavy atom. The quantitative estimate of drug-likeness (QED) is 0.531. The molecule has 25 heavy (non-hydrogen) atoms. The second-order valence-corrected chi connectivity index (χ2v) is 7.17. The molecule has 2 aromatic rings. The second-order valence-electron chi connectivity index (χ2n) is 6.39. The molecule has 2 aromatic carbocycles. The molecule has 0 saturated carbocycles. The van der Waals surface area contributed by atoms with Crippen LogP contribution in [0.1, 0.15) is 35.1 Å². The predicted octanol–water partition coefficient (Wildman–Crippen LogP) is 6.84. The van der Waals surface area contributed by atoms with Crippen LogP contribution in [0, 0.1) is 5.92 Å². The van der Waals surface area contributed by atoms with E-state index < -0.39 is 11.7 Å².